The van der Waals surface area contributed by atoms with Crippen LogP contribution in [-0.4, -0.2) is 12.1 Å². The van der Waals surface area contributed by atoms with Crippen LogP contribution in [0.1, 0.15) is 12.5 Å². The molecule has 84 valence electrons. The molecule has 0 amide bonds. The smallest absolute Gasteiger partial charge is 0.184 e. The van der Waals surface area contributed by atoms with Crippen molar-refractivity contribution in [1.82, 2.24) is 4.98 Å². The molecule has 4 heteroatoms. The number of benzene rings is 1. The standard InChI is InChI=1S/C12H12ClNOS/c1-3-8-6-9(4-5-11(8)15-2)10-7-16-12(13)14-10/h4-7H,3H2,1-2H3. The van der Waals surface area contributed by atoms with Crippen LogP contribution < -0.4 is 4.74 Å². The van der Waals surface area contributed by atoms with E-state index in [4.69, 9.17) is 16.3 Å². The number of aryl methyl sites for hydroxylation is 1. The van der Waals surface area contributed by atoms with Crippen molar-refractivity contribution in [2.75, 3.05) is 7.11 Å². The first-order valence-corrected chi connectivity index (χ1v) is 6.28. The van der Waals surface area contributed by atoms with Crippen LogP contribution in [0.15, 0.2) is 23.6 Å². The molecule has 1 aromatic heterocycles. The molecule has 0 aliphatic carbocycles. The van der Waals surface area contributed by atoms with Crippen molar-refractivity contribution in [3.8, 4) is 17.0 Å². The minimum atomic E-state index is 0.573. The van der Waals surface area contributed by atoms with Gasteiger partial charge in [0, 0.05) is 10.9 Å². The van der Waals surface area contributed by atoms with E-state index in [0.717, 1.165) is 23.4 Å². The Labute approximate surface area is 104 Å². The summed E-state index contributed by atoms with van der Waals surface area (Å²) in [5, 5.41) is 1.96. The molecular weight excluding hydrogens is 242 g/mol. The van der Waals surface area contributed by atoms with Crippen LogP contribution in [0.3, 0.4) is 0 Å². The Bertz CT molecular complexity index is 496. The maximum atomic E-state index is 5.83. The molecule has 2 aromatic rings. The average molecular weight is 254 g/mol. The summed E-state index contributed by atoms with van der Waals surface area (Å²) in [6.45, 7) is 2.11. The lowest BCUT2D eigenvalue weighted by molar-refractivity contribution is 0.410. The van der Waals surface area contributed by atoms with E-state index in [0.29, 0.717) is 4.47 Å². The van der Waals surface area contributed by atoms with Crippen LogP contribution in [-0.2, 0) is 6.42 Å². The van der Waals surface area contributed by atoms with E-state index in [2.05, 4.69) is 18.0 Å². The van der Waals surface area contributed by atoms with Gasteiger partial charge >= 0.3 is 0 Å². The van der Waals surface area contributed by atoms with E-state index in [1.807, 2.05) is 17.5 Å². The van der Waals surface area contributed by atoms with Gasteiger partial charge in [0.2, 0.25) is 0 Å². The van der Waals surface area contributed by atoms with Gasteiger partial charge in [-0.2, -0.15) is 0 Å². The van der Waals surface area contributed by atoms with Gasteiger partial charge in [-0.15, -0.1) is 11.3 Å². The molecule has 0 bridgehead atoms. The Balaban J connectivity index is 2.43. The molecule has 2 nitrogen and oxygen atoms in total. The highest BCUT2D eigenvalue weighted by atomic mass is 35.5. The Morgan fingerprint density at radius 3 is 2.81 bits per heavy atom. The Hall–Kier alpha value is -1.06. The molecule has 0 aliphatic rings. The SMILES string of the molecule is CCc1cc(-c2csc(Cl)n2)ccc1OC. The number of thiazole rings is 1. The third-order valence-electron chi connectivity index (χ3n) is 2.43. The highest BCUT2D eigenvalue weighted by Gasteiger charge is 2.07. The fraction of sp³-hybridized carbons (Fsp3) is 0.250. The van der Waals surface area contributed by atoms with Gasteiger partial charge in [-0.3, -0.25) is 0 Å². The molecule has 2 rings (SSSR count). The number of hydrogen-bond donors (Lipinski definition) is 0. The van der Waals surface area contributed by atoms with Gasteiger partial charge in [-0.25, -0.2) is 4.98 Å². The summed E-state index contributed by atoms with van der Waals surface area (Å²) < 4.78 is 5.86. The molecule has 0 aliphatic heterocycles. The van der Waals surface area contributed by atoms with Gasteiger partial charge in [-0.1, -0.05) is 18.5 Å². The van der Waals surface area contributed by atoms with E-state index < -0.39 is 0 Å². The number of methoxy groups -OCH3 is 1. The second-order valence-electron chi connectivity index (χ2n) is 3.37. The first kappa shape index (κ1) is 11.4. The lowest BCUT2D eigenvalue weighted by atomic mass is 10.1. The quantitative estimate of drug-likeness (QED) is 0.824. The number of ether oxygens (including phenoxy) is 1. The predicted octanol–water partition coefficient (Wildman–Crippen LogP) is 4.03. The van der Waals surface area contributed by atoms with Gasteiger partial charge in [0.05, 0.1) is 12.8 Å². The molecule has 16 heavy (non-hydrogen) atoms. The van der Waals surface area contributed by atoms with E-state index >= 15 is 0 Å². The van der Waals surface area contributed by atoms with Crippen molar-refractivity contribution in [1.29, 1.82) is 0 Å². The molecule has 0 atom stereocenters. The fourth-order valence-electron chi connectivity index (χ4n) is 1.60. The van der Waals surface area contributed by atoms with Crippen LogP contribution in [0.4, 0.5) is 0 Å². The molecule has 0 spiro atoms. The minimum absolute atomic E-state index is 0.573. The van der Waals surface area contributed by atoms with Gasteiger partial charge in [0.1, 0.15) is 5.75 Å². The van der Waals surface area contributed by atoms with E-state index in [-0.39, 0.29) is 0 Å². The summed E-state index contributed by atoms with van der Waals surface area (Å²) in [6, 6.07) is 6.08. The zero-order valence-corrected chi connectivity index (χ0v) is 10.7. The molecule has 0 saturated heterocycles. The molecule has 0 saturated carbocycles. The fourth-order valence-corrected chi connectivity index (χ4v) is 2.37. The third-order valence-corrected chi connectivity index (χ3v) is 3.41. The van der Waals surface area contributed by atoms with Crippen molar-refractivity contribution >= 4 is 22.9 Å². The maximum Gasteiger partial charge on any atom is 0.184 e. The van der Waals surface area contributed by atoms with Crippen molar-refractivity contribution < 1.29 is 4.74 Å². The molecule has 0 unspecified atom stereocenters. The summed E-state index contributed by atoms with van der Waals surface area (Å²) in [4.78, 5) is 4.25. The van der Waals surface area contributed by atoms with Crippen LogP contribution in [0.2, 0.25) is 4.47 Å². The average Bonchev–Trinajstić information content (AvgIpc) is 2.75. The van der Waals surface area contributed by atoms with Crippen molar-refractivity contribution in [2.45, 2.75) is 13.3 Å². The summed E-state index contributed by atoms with van der Waals surface area (Å²) in [5.41, 5.74) is 3.19. The summed E-state index contributed by atoms with van der Waals surface area (Å²) in [6.07, 6.45) is 0.939. The number of nitrogens with zero attached hydrogens (tertiary/aromatic N) is 1. The number of aromatic nitrogens is 1. The maximum absolute atomic E-state index is 5.83. The zero-order valence-electron chi connectivity index (χ0n) is 9.16. The number of hydrogen-bond acceptors (Lipinski definition) is 3. The monoisotopic (exact) mass is 253 g/mol. The normalized spacial score (nSPS) is 10.4. The lowest BCUT2D eigenvalue weighted by Gasteiger charge is -2.07. The molecule has 0 radical (unpaired) electrons. The first-order valence-electron chi connectivity index (χ1n) is 5.03. The topological polar surface area (TPSA) is 22.1 Å². The van der Waals surface area contributed by atoms with Crippen LogP contribution in [0.5, 0.6) is 5.75 Å². The largest absolute Gasteiger partial charge is 0.496 e. The molecule has 0 N–H and O–H groups in total. The number of halogens is 1. The molecule has 1 heterocycles. The van der Waals surface area contributed by atoms with E-state index in [1.54, 1.807) is 7.11 Å². The van der Waals surface area contributed by atoms with Crippen LogP contribution in [0.25, 0.3) is 11.3 Å². The molecule has 1 aromatic carbocycles. The van der Waals surface area contributed by atoms with E-state index in [9.17, 15) is 0 Å². The minimum Gasteiger partial charge on any atom is -0.496 e. The third kappa shape index (κ3) is 2.20. The Morgan fingerprint density at radius 2 is 2.25 bits per heavy atom. The van der Waals surface area contributed by atoms with Gasteiger partial charge < -0.3 is 4.74 Å². The van der Waals surface area contributed by atoms with E-state index in [1.165, 1.54) is 16.9 Å². The van der Waals surface area contributed by atoms with Crippen LogP contribution >= 0.6 is 22.9 Å². The Morgan fingerprint density at radius 1 is 1.44 bits per heavy atom. The van der Waals surface area contributed by atoms with Crippen molar-refractivity contribution in [2.24, 2.45) is 0 Å². The lowest BCUT2D eigenvalue weighted by Crippen LogP contribution is -1.91. The van der Waals surface area contributed by atoms with Crippen molar-refractivity contribution in [3.05, 3.63) is 33.6 Å². The summed E-state index contributed by atoms with van der Waals surface area (Å²) >= 11 is 7.27. The summed E-state index contributed by atoms with van der Waals surface area (Å²) in [7, 11) is 1.69. The summed E-state index contributed by atoms with van der Waals surface area (Å²) in [5.74, 6) is 0.924. The number of rotatable bonds is 3. The molecule has 0 fully saturated rings. The van der Waals surface area contributed by atoms with Gasteiger partial charge in [0.25, 0.3) is 0 Å². The van der Waals surface area contributed by atoms with Gasteiger partial charge in [-0.05, 0) is 30.2 Å². The first-order chi connectivity index (χ1) is 7.74. The highest BCUT2D eigenvalue weighted by molar-refractivity contribution is 7.14. The second-order valence-corrected chi connectivity index (χ2v) is 4.81. The highest BCUT2D eigenvalue weighted by Crippen LogP contribution is 2.29. The molecular formula is C12H12ClNOS. The second kappa shape index (κ2) is 4.85. The van der Waals surface area contributed by atoms with Crippen LogP contribution in [0, 0.1) is 0 Å². The predicted molar refractivity (Wildman–Crippen MR) is 68.5 cm³/mol. The zero-order chi connectivity index (χ0) is 11.5. The van der Waals surface area contributed by atoms with Gasteiger partial charge in [0.15, 0.2) is 4.47 Å². The Kier molecular flexibility index (Phi) is 3.46. The van der Waals surface area contributed by atoms with Crippen molar-refractivity contribution in [3.63, 3.8) is 0 Å².